The number of ketones is 1. The fraction of sp³-hybridized carbons (Fsp3) is 0.167. The van der Waals surface area contributed by atoms with Crippen LogP contribution in [0, 0.1) is 6.92 Å². The summed E-state index contributed by atoms with van der Waals surface area (Å²) >= 11 is 0. The Bertz CT molecular complexity index is 503. The maximum Gasteiger partial charge on any atom is 0.170 e. The first-order valence-corrected chi connectivity index (χ1v) is 5.05. The molecule has 0 bridgehead atoms. The predicted molar refractivity (Wildman–Crippen MR) is 62.2 cm³/mol. The summed E-state index contributed by atoms with van der Waals surface area (Å²) in [5, 5.41) is 0. The van der Waals surface area contributed by atoms with Crippen LogP contribution in [0.25, 0.3) is 0 Å². The number of anilines is 1. The summed E-state index contributed by atoms with van der Waals surface area (Å²) in [6, 6.07) is 5.37. The monoisotopic (exact) mass is 215 g/mol. The Morgan fingerprint density at radius 3 is 3.00 bits per heavy atom. The molecule has 82 valence electrons. The molecule has 3 N–H and O–H groups in total. The number of nitrogens with one attached hydrogen (secondary N) is 1. The molecular formula is C12H13N3O. The molecule has 4 heteroatoms. The lowest BCUT2D eigenvalue weighted by Crippen LogP contribution is -2.08. The molecule has 0 aliphatic carbocycles. The van der Waals surface area contributed by atoms with E-state index in [1.54, 1.807) is 30.6 Å². The highest BCUT2D eigenvalue weighted by Crippen LogP contribution is 2.16. The number of nitrogens with zero attached hydrogens (tertiary/aromatic N) is 1. The van der Waals surface area contributed by atoms with E-state index in [1.165, 1.54) is 0 Å². The van der Waals surface area contributed by atoms with Gasteiger partial charge in [0, 0.05) is 23.6 Å². The van der Waals surface area contributed by atoms with E-state index < -0.39 is 0 Å². The van der Waals surface area contributed by atoms with E-state index in [4.69, 9.17) is 5.73 Å². The lowest BCUT2D eigenvalue weighted by atomic mass is 10.0. The number of rotatable bonds is 3. The van der Waals surface area contributed by atoms with Crippen LogP contribution in [0.15, 0.2) is 30.6 Å². The number of hydrogen-bond acceptors (Lipinski definition) is 3. The molecule has 0 fully saturated rings. The van der Waals surface area contributed by atoms with Gasteiger partial charge in [0.15, 0.2) is 5.78 Å². The van der Waals surface area contributed by atoms with Crippen molar-refractivity contribution in [3.8, 4) is 0 Å². The zero-order chi connectivity index (χ0) is 11.5. The second-order valence-corrected chi connectivity index (χ2v) is 3.66. The zero-order valence-electron chi connectivity index (χ0n) is 9.03. The summed E-state index contributed by atoms with van der Waals surface area (Å²) in [7, 11) is 0. The van der Waals surface area contributed by atoms with Crippen molar-refractivity contribution >= 4 is 11.5 Å². The third kappa shape index (κ3) is 1.95. The summed E-state index contributed by atoms with van der Waals surface area (Å²) in [6.07, 6.45) is 3.61. The Morgan fingerprint density at radius 1 is 1.50 bits per heavy atom. The number of carbonyl (C=O) groups excluding carboxylic acids is 1. The van der Waals surface area contributed by atoms with Crippen LogP contribution >= 0.6 is 0 Å². The first-order valence-electron chi connectivity index (χ1n) is 5.05. The van der Waals surface area contributed by atoms with E-state index in [0.29, 0.717) is 17.1 Å². The molecule has 0 aliphatic rings. The standard InChI is InChI=1S/C12H13N3O/c1-8-9(3-2-4-10(8)13)11(16)7-12-14-5-6-15-12/h2-6H,7,13H2,1H3,(H,14,15). The SMILES string of the molecule is Cc1c(N)cccc1C(=O)Cc1ncc[nH]1. The Hall–Kier alpha value is -2.10. The van der Waals surface area contributed by atoms with Crippen molar-refractivity contribution in [3.63, 3.8) is 0 Å². The number of hydrogen-bond donors (Lipinski definition) is 2. The third-order valence-corrected chi connectivity index (χ3v) is 2.56. The van der Waals surface area contributed by atoms with Gasteiger partial charge in [0.05, 0.1) is 6.42 Å². The number of nitrogen functional groups attached to an aromatic ring is 1. The summed E-state index contributed by atoms with van der Waals surface area (Å²) in [4.78, 5) is 18.9. The van der Waals surface area contributed by atoms with Crippen molar-refractivity contribution in [2.75, 3.05) is 5.73 Å². The van der Waals surface area contributed by atoms with Crippen LogP contribution in [-0.2, 0) is 6.42 Å². The van der Waals surface area contributed by atoms with E-state index in [0.717, 1.165) is 5.56 Å². The van der Waals surface area contributed by atoms with Gasteiger partial charge in [-0.25, -0.2) is 4.98 Å². The van der Waals surface area contributed by atoms with Crippen molar-refractivity contribution in [1.82, 2.24) is 9.97 Å². The number of benzene rings is 1. The summed E-state index contributed by atoms with van der Waals surface area (Å²) in [5.41, 5.74) is 7.90. The maximum atomic E-state index is 12.0. The summed E-state index contributed by atoms with van der Waals surface area (Å²) in [6.45, 7) is 1.85. The molecule has 1 heterocycles. The molecule has 0 saturated carbocycles. The summed E-state index contributed by atoms with van der Waals surface area (Å²) in [5.74, 6) is 0.701. The number of aromatic nitrogens is 2. The van der Waals surface area contributed by atoms with Gasteiger partial charge in [0.1, 0.15) is 5.82 Å². The van der Waals surface area contributed by atoms with Gasteiger partial charge in [-0.1, -0.05) is 12.1 Å². The fourth-order valence-electron chi connectivity index (χ4n) is 1.60. The lowest BCUT2D eigenvalue weighted by molar-refractivity contribution is 0.0990. The van der Waals surface area contributed by atoms with Crippen molar-refractivity contribution in [1.29, 1.82) is 0 Å². The Kier molecular flexibility index (Phi) is 2.72. The first-order chi connectivity index (χ1) is 7.68. The fourth-order valence-corrected chi connectivity index (χ4v) is 1.60. The normalized spacial score (nSPS) is 10.3. The van der Waals surface area contributed by atoms with Crippen molar-refractivity contribution in [3.05, 3.63) is 47.5 Å². The van der Waals surface area contributed by atoms with E-state index >= 15 is 0 Å². The van der Waals surface area contributed by atoms with Crippen LogP contribution < -0.4 is 5.73 Å². The van der Waals surface area contributed by atoms with Gasteiger partial charge in [-0.15, -0.1) is 0 Å². The minimum Gasteiger partial charge on any atom is -0.398 e. The van der Waals surface area contributed by atoms with Gasteiger partial charge in [-0.3, -0.25) is 4.79 Å². The number of carbonyl (C=O) groups is 1. The number of imidazole rings is 1. The molecule has 0 amide bonds. The molecule has 0 unspecified atom stereocenters. The van der Waals surface area contributed by atoms with Gasteiger partial charge < -0.3 is 10.7 Å². The molecule has 1 aromatic carbocycles. The Labute approximate surface area is 93.5 Å². The van der Waals surface area contributed by atoms with Crippen LogP contribution in [0.3, 0.4) is 0 Å². The van der Waals surface area contributed by atoms with Gasteiger partial charge in [-0.05, 0) is 18.6 Å². The highest BCUT2D eigenvalue weighted by atomic mass is 16.1. The number of nitrogens with two attached hydrogens (primary N) is 1. The molecule has 4 nitrogen and oxygen atoms in total. The van der Waals surface area contributed by atoms with Crippen LogP contribution in [0.1, 0.15) is 21.7 Å². The van der Waals surface area contributed by atoms with Gasteiger partial charge in [0.2, 0.25) is 0 Å². The molecule has 1 aromatic heterocycles. The minimum absolute atomic E-state index is 0.0275. The molecule has 0 spiro atoms. The number of aromatic amines is 1. The van der Waals surface area contributed by atoms with Crippen LogP contribution in [-0.4, -0.2) is 15.8 Å². The Balaban J connectivity index is 2.24. The molecule has 16 heavy (non-hydrogen) atoms. The minimum atomic E-state index is 0.0275. The average Bonchev–Trinajstić information content (AvgIpc) is 2.74. The highest BCUT2D eigenvalue weighted by Gasteiger charge is 2.12. The first kappa shape index (κ1) is 10.4. The molecule has 0 atom stereocenters. The average molecular weight is 215 g/mol. The lowest BCUT2D eigenvalue weighted by Gasteiger charge is -2.06. The van der Waals surface area contributed by atoms with Gasteiger partial charge in [-0.2, -0.15) is 0 Å². The van der Waals surface area contributed by atoms with E-state index in [2.05, 4.69) is 9.97 Å². The third-order valence-electron chi connectivity index (χ3n) is 2.56. The van der Waals surface area contributed by atoms with E-state index in [9.17, 15) is 4.79 Å². The maximum absolute atomic E-state index is 12.0. The quantitative estimate of drug-likeness (QED) is 0.605. The molecular weight excluding hydrogens is 202 g/mol. The second-order valence-electron chi connectivity index (χ2n) is 3.66. The van der Waals surface area contributed by atoms with Crippen LogP contribution in [0.4, 0.5) is 5.69 Å². The van der Waals surface area contributed by atoms with Crippen LogP contribution in [0.5, 0.6) is 0 Å². The smallest absolute Gasteiger partial charge is 0.170 e. The van der Waals surface area contributed by atoms with E-state index in [-0.39, 0.29) is 12.2 Å². The predicted octanol–water partition coefficient (Wildman–Crippen LogP) is 1.73. The largest absolute Gasteiger partial charge is 0.398 e. The topological polar surface area (TPSA) is 71.8 Å². The number of Topliss-reactive ketones (excluding diaryl/α,β-unsaturated/α-hetero) is 1. The molecule has 0 aliphatic heterocycles. The molecule has 0 radical (unpaired) electrons. The van der Waals surface area contributed by atoms with Crippen molar-refractivity contribution in [2.24, 2.45) is 0 Å². The van der Waals surface area contributed by atoms with E-state index in [1.807, 2.05) is 6.92 Å². The molecule has 2 aromatic rings. The van der Waals surface area contributed by atoms with Crippen molar-refractivity contribution < 1.29 is 4.79 Å². The molecule has 0 saturated heterocycles. The summed E-state index contributed by atoms with van der Waals surface area (Å²) < 4.78 is 0. The highest BCUT2D eigenvalue weighted by molar-refractivity contribution is 5.99. The van der Waals surface area contributed by atoms with Gasteiger partial charge in [0.25, 0.3) is 0 Å². The van der Waals surface area contributed by atoms with Gasteiger partial charge >= 0.3 is 0 Å². The Morgan fingerprint density at radius 2 is 2.31 bits per heavy atom. The van der Waals surface area contributed by atoms with Crippen molar-refractivity contribution in [2.45, 2.75) is 13.3 Å². The number of H-pyrrole nitrogens is 1. The molecule has 2 rings (SSSR count). The second kappa shape index (κ2) is 4.18. The van der Waals surface area contributed by atoms with Crippen LogP contribution in [0.2, 0.25) is 0 Å². The zero-order valence-corrected chi connectivity index (χ0v) is 9.03.